The minimum atomic E-state index is 0.288. The Balaban J connectivity index is 2.03. The van der Waals surface area contributed by atoms with E-state index in [1.165, 1.54) is 21.6 Å². The van der Waals surface area contributed by atoms with Crippen molar-refractivity contribution in [3.8, 4) is 11.1 Å². The second-order valence-corrected chi connectivity index (χ2v) is 8.12. The summed E-state index contributed by atoms with van der Waals surface area (Å²) >= 11 is 8.05. The van der Waals surface area contributed by atoms with Gasteiger partial charge in [-0.25, -0.2) is 4.98 Å². The van der Waals surface area contributed by atoms with Crippen LogP contribution < -0.4 is 4.90 Å². The number of rotatable bonds is 5. The predicted octanol–water partition coefficient (Wildman–Crippen LogP) is 7.04. The number of hydrogen-bond acceptors (Lipinski definition) is 4. The monoisotopic (exact) mass is 407 g/mol. The fraction of sp³-hybridized carbons (Fsp3) is 0.217. The van der Waals surface area contributed by atoms with Crippen LogP contribution in [-0.4, -0.2) is 16.5 Å². The minimum absolute atomic E-state index is 0.288. The summed E-state index contributed by atoms with van der Waals surface area (Å²) in [6.07, 6.45) is 0.943. The summed E-state index contributed by atoms with van der Waals surface area (Å²) < 4.78 is 0. The molecule has 2 heterocycles. The predicted molar refractivity (Wildman–Crippen MR) is 121 cm³/mol. The van der Waals surface area contributed by atoms with Crippen molar-refractivity contribution >= 4 is 44.7 Å². The summed E-state index contributed by atoms with van der Waals surface area (Å²) in [6.45, 7) is 7.22. The Bertz CT molecular complexity index is 1100. The largest absolute Gasteiger partial charge is 0.326 e. The van der Waals surface area contributed by atoms with E-state index in [9.17, 15) is 0 Å². The van der Waals surface area contributed by atoms with Crippen LogP contribution in [0.4, 0.5) is 11.5 Å². The highest BCUT2D eigenvalue weighted by Crippen LogP contribution is 2.44. The third-order valence-corrected chi connectivity index (χ3v) is 6.28. The maximum absolute atomic E-state index is 6.34. The number of anilines is 2. The van der Waals surface area contributed by atoms with Gasteiger partial charge in [-0.05, 0) is 49.6 Å². The van der Waals surface area contributed by atoms with E-state index < -0.39 is 0 Å². The van der Waals surface area contributed by atoms with Gasteiger partial charge in [-0.1, -0.05) is 55.0 Å². The number of fused-ring (bicyclic) bond motifs is 1. The molecule has 4 rings (SSSR count). The van der Waals surface area contributed by atoms with Gasteiger partial charge in [0.25, 0.3) is 0 Å². The van der Waals surface area contributed by atoms with Crippen molar-refractivity contribution < 1.29 is 0 Å². The Hall–Kier alpha value is -2.43. The fourth-order valence-corrected chi connectivity index (χ4v) is 4.88. The lowest BCUT2D eigenvalue weighted by atomic mass is 10.0. The SMILES string of the molecule is CCc1sc2nc(Cl)nc(N(CC)c3ccccc3)c2c1-c1ccc(C)cc1. The second-order valence-electron chi connectivity index (χ2n) is 6.70. The van der Waals surface area contributed by atoms with Crippen molar-refractivity contribution in [2.75, 3.05) is 11.4 Å². The Morgan fingerprint density at radius 1 is 0.964 bits per heavy atom. The van der Waals surface area contributed by atoms with Crippen LogP contribution in [0.25, 0.3) is 21.3 Å². The van der Waals surface area contributed by atoms with E-state index in [1.54, 1.807) is 11.3 Å². The van der Waals surface area contributed by atoms with Gasteiger partial charge in [0.05, 0.1) is 5.39 Å². The molecule has 0 fully saturated rings. The number of aryl methyl sites for hydroxylation is 2. The molecule has 0 bridgehead atoms. The topological polar surface area (TPSA) is 29.0 Å². The second kappa shape index (κ2) is 7.90. The molecule has 0 N–H and O–H groups in total. The summed E-state index contributed by atoms with van der Waals surface area (Å²) in [4.78, 5) is 13.7. The zero-order chi connectivity index (χ0) is 19.7. The van der Waals surface area contributed by atoms with Crippen molar-refractivity contribution in [2.45, 2.75) is 27.2 Å². The van der Waals surface area contributed by atoms with Crippen molar-refractivity contribution in [3.63, 3.8) is 0 Å². The maximum atomic E-state index is 6.34. The van der Waals surface area contributed by atoms with Crippen LogP contribution in [0.2, 0.25) is 5.28 Å². The van der Waals surface area contributed by atoms with Gasteiger partial charge in [-0.2, -0.15) is 4.98 Å². The highest BCUT2D eigenvalue weighted by atomic mass is 35.5. The van der Waals surface area contributed by atoms with Crippen LogP contribution >= 0.6 is 22.9 Å². The van der Waals surface area contributed by atoms with Crippen LogP contribution in [0.3, 0.4) is 0 Å². The summed E-state index contributed by atoms with van der Waals surface area (Å²) in [6, 6.07) is 19.0. The van der Waals surface area contributed by atoms with Gasteiger partial charge in [0.2, 0.25) is 5.28 Å². The van der Waals surface area contributed by atoms with Gasteiger partial charge < -0.3 is 4.90 Å². The highest BCUT2D eigenvalue weighted by molar-refractivity contribution is 7.19. The van der Waals surface area contributed by atoms with Gasteiger partial charge in [0, 0.05) is 22.7 Å². The molecular formula is C23H22ClN3S. The average molecular weight is 408 g/mol. The van der Waals surface area contributed by atoms with Crippen molar-refractivity contribution in [3.05, 3.63) is 70.3 Å². The Labute approximate surface area is 174 Å². The third-order valence-electron chi connectivity index (χ3n) is 4.88. The van der Waals surface area contributed by atoms with Crippen molar-refractivity contribution in [1.82, 2.24) is 9.97 Å². The Morgan fingerprint density at radius 3 is 2.32 bits per heavy atom. The smallest absolute Gasteiger partial charge is 0.225 e. The van der Waals surface area contributed by atoms with Gasteiger partial charge in [-0.3, -0.25) is 0 Å². The molecule has 0 aliphatic heterocycles. The molecule has 142 valence electrons. The number of aromatic nitrogens is 2. The molecule has 0 saturated heterocycles. The van der Waals surface area contributed by atoms with Gasteiger partial charge >= 0.3 is 0 Å². The zero-order valence-electron chi connectivity index (χ0n) is 16.2. The Morgan fingerprint density at radius 2 is 1.68 bits per heavy atom. The van der Waals surface area contributed by atoms with E-state index in [0.29, 0.717) is 0 Å². The number of halogens is 1. The lowest BCUT2D eigenvalue weighted by molar-refractivity contribution is 0.991. The zero-order valence-corrected chi connectivity index (χ0v) is 17.8. The molecule has 2 aromatic carbocycles. The van der Waals surface area contributed by atoms with Crippen LogP contribution in [0.1, 0.15) is 24.3 Å². The first kappa shape index (κ1) is 18.9. The number of benzene rings is 2. The van der Waals surface area contributed by atoms with E-state index in [1.807, 2.05) is 18.2 Å². The van der Waals surface area contributed by atoms with E-state index in [0.717, 1.165) is 34.7 Å². The molecule has 0 spiro atoms. The highest BCUT2D eigenvalue weighted by Gasteiger charge is 2.22. The van der Waals surface area contributed by atoms with E-state index in [-0.39, 0.29) is 5.28 Å². The molecule has 2 aromatic heterocycles. The maximum Gasteiger partial charge on any atom is 0.225 e. The normalized spacial score (nSPS) is 11.1. The first-order chi connectivity index (χ1) is 13.6. The van der Waals surface area contributed by atoms with Crippen LogP contribution in [-0.2, 0) is 6.42 Å². The van der Waals surface area contributed by atoms with Crippen molar-refractivity contribution in [2.24, 2.45) is 0 Å². The molecule has 0 atom stereocenters. The molecule has 4 aromatic rings. The Kier molecular flexibility index (Phi) is 5.33. The molecule has 0 saturated carbocycles. The number of para-hydroxylation sites is 1. The summed E-state index contributed by atoms with van der Waals surface area (Å²) in [5.74, 6) is 0.871. The summed E-state index contributed by atoms with van der Waals surface area (Å²) in [5, 5.41) is 1.37. The first-order valence-electron chi connectivity index (χ1n) is 9.50. The molecule has 0 aliphatic carbocycles. The average Bonchev–Trinajstić information content (AvgIpc) is 3.08. The van der Waals surface area contributed by atoms with E-state index >= 15 is 0 Å². The molecule has 28 heavy (non-hydrogen) atoms. The molecule has 0 radical (unpaired) electrons. The van der Waals surface area contributed by atoms with Crippen LogP contribution in [0, 0.1) is 6.92 Å². The third kappa shape index (κ3) is 3.38. The van der Waals surface area contributed by atoms with E-state index in [2.05, 4.69) is 72.0 Å². The fourth-order valence-electron chi connectivity index (χ4n) is 3.54. The lowest BCUT2D eigenvalue weighted by Crippen LogP contribution is -2.18. The molecule has 0 amide bonds. The van der Waals surface area contributed by atoms with Gasteiger partial charge in [-0.15, -0.1) is 11.3 Å². The molecular weight excluding hydrogens is 386 g/mol. The molecule has 5 heteroatoms. The molecule has 0 aliphatic rings. The lowest BCUT2D eigenvalue weighted by Gasteiger charge is -2.23. The standard InChI is InChI=1S/C23H22ClN3S/c1-4-18-19(16-13-11-15(3)12-14-16)20-21(25-23(24)26-22(20)28-18)27(5-2)17-9-7-6-8-10-17/h6-14H,4-5H2,1-3H3. The van der Waals surface area contributed by atoms with Crippen LogP contribution in [0.5, 0.6) is 0 Å². The van der Waals surface area contributed by atoms with Gasteiger partial charge in [0.15, 0.2) is 0 Å². The quantitative estimate of drug-likeness (QED) is 0.332. The summed E-state index contributed by atoms with van der Waals surface area (Å²) in [5.41, 5.74) is 4.77. The number of hydrogen-bond donors (Lipinski definition) is 0. The molecule has 3 nitrogen and oxygen atoms in total. The number of nitrogens with zero attached hydrogens (tertiary/aromatic N) is 3. The van der Waals surface area contributed by atoms with E-state index in [4.69, 9.17) is 11.6 Å². The first-order valence-corrected chi connectivity index (χ1v) is 10.7. The van der Waals surface area contributed by atoms with Crippen LogP contribution in [0.15, 0.2) is 54.6 Å². The summed E-state index contributed by atoms with van der Waals surface area (Å²) in [7, 11) is 0. The number of thiophene rings is 1. The minimum Gasteiger partial charge on any atom is -0.326 e. The molecule has 0 unspecified atom stereocenters. The van der Waals surface area contributed by atoms with Gasteiger partial charge in [0.1, 0.15) is 10.6 Å². The van der Waals surface area contributed by atoms with Crippen molar-refractivity contribution in [1.29, 1.82) is 0 Å².